The zero-order valence-corrected chi connectivity index (χ0v) is 12.9. The van der Waals surface area contributed by atoms with E-state index >= 15 is 0 Å². The second-order valence-electron chi connectivity index (χ2n) is 4.60. The van der Waals surface area contributed by atoms with Gasteiger partial charge in [-0.2, -0.15) is 4.57 Å². The molecule has 110 valence electrons. The minimum Gasteiger partial charge on any atom is -0.465 e. The number of nitrogens with one attached hydrogen (secondary N) is 1. The van der Waals surface area contributed by atoms with Gasteiger partial charge in [0.1, 0.15) is 4.88 Å². The molecule has 0 bridgehead atoms. The highest BCUT2D eigenvalue weighted by Crippen LogP contribution is 2.28. The fourth-order valence-corrected chi connectivity index (χ4v) is 2.80. The fraction of sp³-hybridized carbons (Fsp3) is 0.267. The van der Waals surface area contributed by atoms with Crippen molar-refractivity contribution < 1.29 is 18.9 Å². The Morgan fingerprint density at radius 3 is 2.57 bits per heavy atom. The Balaban J connectivity index is 2.20. The molecule has 0 unspecified atom stereocenters. The van der Waals surface area contributed by atoms with E-state index < -0.39 is 5.97 Å². The lowest BCUT2D eigenvalue weighted by Gasteiger charge is -2.10. The molecule has 0 radical (unpaired) electrons. The number of nitrogens with zero attached hydrogens (tertiary/aromatic N) is 1. The van der Waals surface area contributed by atoms with Gasteiger partial charge in [0.15, 0.2) is 12.4 Å². The lowest BCUT2D eigenvalue weighted by atomic mass is 10.2. The van der Waals surface area contributed by atoms with Crippen molar-refractivity contribution in [1.82, 2.24) is 0 Å². The SMILES string of the molecule is COC(=O)c1scc(C)c1NC(=O)[C@@H](C)[n+]1ccccc1. The van der Waals surface area contributed by atoms with Gasteiger partial charge in [0, 0.05) is 19.1 Å². The van der Waals surface area contributed by atoms with Crippen molar-refractivity contribution in [2.75, 3.05) is 12.4 Å². The molecule has 0 aliphatic heterocycles. The third-order valence-corrected chi connectivity index (χ3v) is 4.24. The quantitative estimate of drug-likeness (QED) is 0.696. The molecular weight excluding hydrogens is 288 g/mol. The highest BCUT2D eigenvalue weighted by Gasteiger charge is 2.25. The first-order chi connectivity index (χ1) is 10.0. The van der Waals surface area contributed by atoms with Crippen LogP contribution in [0.2, 0.25) is 0 Å². The van der Waals surface area contributed by atoms with E-state index in [2.05, 4.69) is 5.32 Å². The van der Waals surface area contributed by atoms with Crippen LogP contribution in [0.5, 0.6) is 0 Å². The zero-order chi connectivity index (χ0) is 15.4. The van der Waals surface area contributed by atoms with E-state index in [-0.39, 0.29) is 11.9 Å². The van der Waals surface area contributed by atoms with Crippen molar-refractivity contribution in [3.05, 3.63) is 46.4 Å². The molecule has 0 saturated carbocycles. The fourth-order valence-electron chi connectivity index (χ4n) is 1.88. The summed E-state index contributed by atoms with van der Waals surface area (Å²) < 4.78 is 6.53. The van der Waals surface area contributed by atoms with Crippen molar-refractivity contribution in [1.29, 1.82) is 0 Å². The van der Waals surface area contributed by atoms with Gasteiger partial charge in [-0.15, -0.1) is 11.3 Å². The summed E-state index contributed by atoms with van der Waals surface area (Å²) in [6.45, 7) is 3.65. The number of ether oxygens (including phenoxy) is 1. The molecule has 1 amide bonds. The lowest BCUT2D eigenvalue weighted by molar-refractivity contribution is -0.705. The molecule has 0 aliphatic carbocycles. The van der Waals surface area contributed by atoms with Crippen LogP contribution in [0.4, 0.5) is 5.69 Å². The predicted molar refractivity (Wildman–Crippen MR) is 80.4 cm³/mol. The first-order valence-electron chi connectivity index (χ1n) is 6.47. The number of methoxy groups -OCH3 is 1. The third kappa shape index (κ3) is 3.28. The molecule has 2 aromatic rings. The van der Waals surface area contributed by atoms with Crippen LogP contribution in [0.1, 0.15) is 28.2 Å². The first-order valence-corrected chi connectivity index (χ1v) is 7.35. The Bertz CT molecular complexity index is 652. The smallest absolute Gasteiger partial charge is 0.350 e. The van der Waals surface area contributed by atoms with Crippen LogP contribution < -0.4 is 9.88 Å². The molecule has 21 heavy (non-hydrogen) atoms. The van der Waals surface area contributed by atoms with E-state index in [0.29, 0.717) is 10.6 Å². The summed E-state index contributed by atoms with van der Waals surface area (Å²) in [6, 6.07) is 5.23. The highest BCUT2D eigenvalue weighted by molar-refractivity contribution is 7.12. The van der Waals surface area contributed by atoms with Crippen LogP contribution in [-0.4, -0.2) is 19.0 Å². The minimum absolute atomic E-state index is 0.183. The number of hydrogen-bond donors (Lipinski definition) is 1. The number of esters is 1. The topological polar surface area (TPSA) is 59.3 Å². The van der Waals surface area contributed by atoms with E-state index in [0.717, 1.165) is 5.56 Å². The molecule has 0 saturated heterocycles. The lowest BCUT2D eigenvalue weighted by Crippen LogP contribution is -2.43. The maximum atomic E-state index is 12.3. The van der Waals surface area contributed by atoms with Crippen LogP contribution in [0, 0.1) is 6.92 Å². The highest BCUT2D eigenvalue weighted by atomic mass is 32.1. The van der Waals surface area contributed by atoms with E-state index in [9.17, 15) is 9.59 Å². The van der Waals surface area contributed by atoms with Gasteiger partial charge in [0.25, 0.3) is 5.91 Å². The molecule has 1 atom stereocenters. The molecular formula is C15H17N2O3S+. The average molecular weight is 305 g/mol. The number of aryl methyl sites for hydroxylation is 1. The largest absolute Gasteiger partial charge is 0.465 e. The summed E-state index contributed by atoms with van der Waals surface area (Å²) in [4.78, 5) is 24.5. The molecule has 6 heteroatoms. The summed E-state index contributed by atoms with van der Waals surface area (Å²) in [5.41, 5.74) is 1.37. The number of anilines is 1. The number of thiophene rings is 1. The Kier molecular flexibility index (Phi) is 4.70. The second-order valence-corrected chi connectivity index (χ2v) is 5.48. The van der Waals surface area contributed by atoms with Crippen LogP contribution in [0.3, 0.4) is 0 Å². The molecule has 5 nitrogen and oxygen atoms in total. The van der Waals surface area contributed by atoms with Crippen molar-refractivity contribution >= 4 is 28.9 Å². The van der Waals surface area contributed by atoms with Crippen molar-refractivity contribution in [2.45, 2.75) is 19.9 Å². The third-order valence-electron chi connectivity index (χ3n) is 3.16. The number of amides is 1. The van der Waals surface area contributed by atoms with E-state index in [1.807, 2.05) is 42.9 Å². The number of rotatable bonds is 4. The van der Waals surface area contributed by atoms with E-state index in [1.54, 1.807) is 11.5 Å². The molecule has 0 fully saturated rings. The average Bonchev–Trinajstić information content (AvgIpc) is 2.87. The number of carbonyl (C=O) groups excluding carboxylic acids is 2. The van der Waals surface area contributed by atoms with E-state index in [4.69, 9.17) is 4.74 Å². The summed E-state index contributed by atoms with van der Waals surface area (Å²) in [6.07, 6.45) is 3.65. The van der Waals surface area contributed by atoms with Crippen molar-refractivity contribution in [3.63, 3.8) is 0 Å². The van der Waals surface area contributed by atoms with Gasteiger partial charge in [-0.25, -0.2) is 4.79 Å². The summed E-state index contributed by atoms with van der Waals surface area (Å²) in [5, 5.41) is 4.64. The monoisotopic (exact) mass is 305 g/mol. The van der Waals surface area contributed by atoms with Gasteiger partial charge in [0.2, 0.25) is 6.04 Å². The van der Waals surface area contributed by atoms with Crippen molar-refractivity contribution in [3.8, 4) is 0 Å². The Morgan fingerprint density at radius 2 is 1.95 bits per heavy atom. The number of hydrogen-bond acceptors (Lipinski definition) is 4. The molecule has 0 aliphatic rings. The minimum atomic E-state index is -0.441. The molecule has 0 spiro atoms. The van der Waals surface area contributed by atoms with Crippen LogP contribution >= 0.6 is 11.3 Å². The predicted octanol–water partition coefficient (Wildman–Crippen LogP) is 2.33. The molecule has 2 rings (SSSR count). The summed E-state index contributed by atoms with van der Waals surface area (Å²) >= 11 is 1.26. The number of carbonyl (C=O) groups is 2. The van der Waals surface area contributed by atoms with Gasteiger partial charge in [-0.3, -0.25) is 4.79 Å². The van der Waals surface area contributed by atoms with Gasteiger partial charge in [0.05, 0.1) is 12.8 Å². The maximum Gasteiger partial charge on any atom is 0.350 e. The Labute approximate surface area is 127 Å². The summed E-state index contributed by atoms with van der Waals surface area (Å²) in [5.74, 6) is -0.624. The van der Waals surface area contributed by atoms with Crippen molar-refractivity contribution in [2.24, 2.45) is 0 Å². The molecule has 0 aromatic carbocycles. The van der Waals surface area contributed by atoms with E-state index in [1.165, 1.54) is 18.4 Å². The van der Waals surface area contributed by atoms with Crippen LogP contribution in [0.25, 0.3) is 0 Å². The van der Waals surface area contributed by atoms with Gasteiger partial charge >= 0.3 is 5.97 Å². The Hall–Kier alpha value is -2.21. The van der Waals surface area contributed by atoms with Crippen LogP contribution in [0.15, 0.2) is 36.0 Å². The maximum absolute atomic E-state index is 12.3. The Morgan fingerprint density at radius 1 is 1.29 bits per heavy atom. The van der Waals surface area contributed by atoms with Gasteiger partial charge < -0.3 is 10.1 Å². The first kappa shape index (κ1) is 15.2. The summed E-state index contributed by atoms with van der Waals surface area (Å²) in [7, 11) is 1.32. The second kappa shape index (κ2) is 6.49. The normalized spacial score (nSPS) is 11.8. The van der Waals surface area contributed by atoms with Crippen LogP contribution in [-0.2, 0) is 9.53 Å². The molecule has 1 N–H and O–H groups in total. The standard InChI is InChI=1S/C15H16N2O3S/c1-10-9-21-13(15(19)20-3)12(10)16-14(18)11(2)17-7-5-4-6-8-17/h4-9,11H,1-3H3/p+1/t11-/m1/s1. The zero-order valence-electron chi connectivity index (χ0n) is 12.1. The molecule has 2 aromatic heterocycles. The number of pyridine rings is 1. The number of aromatic nitrogens is 1. The van der Waals surface area contributed by atoms with Gasteiger partial charge in [-0.05, 0) is 17.9 Å². The molecule has 2 heterocycles. The van der Waals surface area contributed by atoms with Gasteiger partial charge in [-0.1, -0.05) is 6.07 Å².